The van der Waals surface area contributed by atoms with E-state index < -0.39 is 0 Å². The Hall–Kier alpha value is -0.540. The van der Waals surface area contributed by atoms with E-state index in [0.717, 1.165) is 23.1 Å². The van der Waals surface area contributed by atoms with Crippen molar-refractivity contribution in [2.24, 2.45) is 0 Å². The normalized spacial score (nSPS) is 13.1. The highest BCUT2D eigenvalue weighted by molar-refractivity contribution is 9.10. The number of hydrogen-bond acceptors (Lipinski definition) is 2. The first kappa shape index (κ1) is 12.5. The lowest BCUT2D eigenvalue weighted by Gasteiger charge is -2.27. The van der Waals surface area contributed by atoms with Gasteiger partial charge in [0.2, 0.25) is 0 Å². The van der Waals surface area contributed by atoms with Crippen LogP contribution >= 0.6 is 15.9 Å². The van der Waals surface area contributed by atoms with E-state index in [9.17, 15) is 5.11 Å². The highest BCUT2D eigenvalue weighted by atomic mass is 79.9. The molecule has 1 unspecified atom stereocenters. The van der Waals surface area contributed by atoms with Crippen molar-refractivity contribution in [2.45, 2.75) is 26.8 Å². The number of phenolic OH excluding ortho intramolecular Hbond substituents is 1. The van der Waals surface area contributed by atoms with Crippen molar-refractivity contribution in [3.8, 4) is 5.75 Å². The van der Waals surface area contributed by atoms with Crippen LogP contribution in [0.3, 0.4) is 0 Å². The average Bonchev–Trinajstić information content (AvgIpc) is 2.23. The van der Waals surface area contributed by atoms with Crippen LogP contribution in [-0.4, -0.2) is 23.1 Å². The Kier molecular flexibility index (Phi) is 4.61. The van der Waals surface area contributed by atoms with Crippen LogP contribution in [0.5, 0.6) is 5.75 Å². The summed E-state index contributed by atoms with van der Waals surface area (Å²) in [6, 6.07) is 5.82. The van der Waals surface area contributed by atoms with Gasteiger partial charge in [0.1, 0.15) is 5.75 Å². The summed E-state index contributed by atoms with van der Waals surface area (Å²) in [5, 5.41) is 9.80. The van der Waals surface area contributed by atoms with Crippen LogP contribution in [0.4, 0.5) is 0 Å². The summed E-state index contributed by atoms with van der Waals surface area (Å²) in [5.41, 5.74) is 0.980. The molecule has 0 aliphatic rings. The first-order valence-electron chi connectivity index (χ1n) is 5.32. The van der Waals surface area contributed by atoms with Gasteiger partial charge in [-0.25, -0.2) is 0 Å². The fourth-order valence-corrected chi connectivity index (χ4v) is 2.21. The molecule has 0 spiro atoms. The van der Waals surface area contributed by atoms with E-state index in [1.54, 1.807) is 6.07 Å². The number of nitrogens with zero attached hydrogens (tertiary/aromatic N) is 1. The molecule has 0 saturated carbocycles. The molecular weight excluding hydrogens is 254 g/mol. The molecule has 1 atom stereocenters. The molecular formula is C12H18BrNO. The molecule has 0 saturated heterocycles. The molecule has 0 amide bonds. The summed E-state index contributed by atoms with van der Waals surface area (Å²) in [6.07, 6.45) is 0. The molecule has 2 nitrogen and oxygen atoms in total. The third kappa shape index (κ3) is 2.95. The number of aromatic hydroxyl groups is 1. The molecule has 15 heavy (non-hydrogen) atoms. The molecule has 0 aliphatic carbocycles. The topological polar surface area (TPSA) is 23.5 Å². The minimum Gasteiger partial charge on any atom is -0.508 e. The lowest BCUT2D eigenvalue weighted by Crippen LogP contribution is -2.26. The zero-order valence-corrected chi connectivity index (χ0v) is 11.1. The largest absolute Gasteiger partial charge is 0.508 e. The van der Waals surface area contributed by atoms with Gasteiger partial charge in [0, 0.05) is 16.1 Å². The van der Waals surface area contributed by atoms with Gasteiger partial charge in [-0.15, -0.1) is 0 Å². The molecule has 1 aromatic rings. The highest BCUT2D eigenvalue weighted by Crippen LogP contribution is 2.30. The lowest BCUT2D eigenvalue weighted by atomic mass is 10.1. The molecule has 0 bridgehead atoms. The van der Waals surface area contributed by atoms with E-state index in [4.69, 9.17) is 0 Å². The molecule has 1 rings (SSSR count). The smallest absolute Gasteiger partial charge is 0.120 e. The van der Waals surface area contributed by atoms with Gasteiger partial charge in [0.15, 0.2) is 0 Å². The van der Waals surface area contributed by atoms with E-state index in [0.29, 0.717) is 5.75 Å². The maximum absolute atomic E-state index is 9.80. The van der Waals surface area contributed by atoms with E-state index >= 15 is 0 Å². The van der Waals surface area contributed by atoms with Gasteiger partial charge in [-0.05, 0) is 38.2 Å². The summed E-state index contributed by atoms with van der Waals surface area (Å²) in [7, 11) is 0. The Morgan fingerprint density at radius 2 is 1.93 bits per heavy atom. The maximum Gasteiger partial charge on any atom is 0.120 e. The first-order chi connectivity index (χ1) is 7.10. The molecule has 0 aliphatic heterocycles. The minimum atomic E-state index is 0.248. The maximum atomic E-state index is 9.80. The summed E-state index contributed by atoms with van der Waals surface area (Å²) in [5.74, 6) is 0.373. The van der Waals surface area contributed by atoms with Crippen molar-refractivity contribution in [1.29, 1.82) is 0 Å². The summed E-state index contributed by atoms with van der Waals surface area (Å²) < 4.78 is 1.01. The van der Waals surface area contributed by atoms with Gasteiger partial charge in [0.05, 0.1) is 0 Å². The molecule has 0 heterocycles. The number of halogens is 1. The zero-order chi connectivity index (χ0) is 11.4. The lowest BCUT2D eigenvalue weighted by molar-refractivity contribution is 0.230. The molecule has 1 aromatic carbocycles. The van der Waals surface area contributed by atoms with Crippen molar-refractivity contribution in [2.75, 3.05) is 13.1 Å². The van der Waals surface area contributed by atoms with E-state index in [1.165, 1.54) is 0 Å². The second-order valence-corrected chi connectivity index (χ2v) is 4.52. The number of benzene rings is 1. The predicted molar refractivity (Wildman–Crippen MR) is 67.1 cm³/mol. The van der Waals surface area contributed by atoms with Crippen molar-refractivity contribution >= 4 is 15.9 Å². The van der Waals surface area contributed by atoms with Crippen LogP contribution in [-0.2, 0) is 0 Å². The Balaban J connectivity index is 2.98. The fraction of sp³-hybridized carbons (Fsp3) is 0.500. The predicted octanol–water partition coefficient (Wildman–Crippen LogP) is 3.56. The van der Waals surface area contributed by atoms with Gasteiger partial charge in [-0.1, -0.05) is 29.8 Å². The Morgan fingerprint density at radius 3 is 2.47 bits per heavy atom. The third-order valence-electron chi connectivity index (χ3n) is 2.80. The standard InChI is InChI=1S/C12H18BrNO/c1-4-14(5-2)9(3)11-8-10(13)6-7-12(11)15/h6-9,15H,4-5H2,1-3H3. The number of hydrogen-bond donors (Lipinski definition) is 1. The second-order valence-electron chi connectivity index (χ2n) is 3.60. The molecule has 0 fully saturated rings. The Morgan fingerprint density at radius 1 is 1.33 bits per heavy atom. The van der Waals surface area contributed by atoms with Gasteiger partial charge in [0.25, 0.3) is 0 Å². The van der Waals surface area contributed by atoms with E-state index in [-0.39, 0.29) is 6.04 Å². The summed E-state index contributed by atoms with van der Waals surface area (Å²) in [4.78, 5) is 2.31. The SMILES string of the molecule is CCN(CC)C(C)c1cc(Br)ccc1O. The van der Waals surface area contributed by atoms with Crippen molar-refractivity contribution in [3.05, 3.63) is 28.2 Å². The fourth-order valence-electron chi connectivity index (χ4n) is 1.83. The van der Waals surface area contributed by atoms with Crippen molar-refractivity contribution < 1.29 is 5.11 Å². The first-order valence-corrected chi connectivity index (χ1v) is 6.11. The van der Waals surface area contributed by atoms with Crippen LogP contribution in [0.2, 0.25) is 0 Å². The van der Waals surface area contributed by atoms with Crippen LogP contribution in [0.25, 0.3) is 0 Å². The molecule has 0 aromatic heterocycles. The quantitative estimate of drug-likeness (QED) is 0.905. The van der Waals surface area contributed by atoms with Crippen molar-refractivity contribution in [3.63, 3.8) is 0 Å². The van der Waals surface area contributed by atoms with E-state index in [1.807, 2.05) is 12.1 Å². The summed E-state index contributed by atoms with van der Waals surface area (Å²) in [6.45, 7) is 8.37. The van der Waals surface area contributed by atoms with Gasteiger partial charge in [-0.2, -0.15) is 0 Å². The average molecular weight is 272 g/mol. The van der Waals surface area contributed by atoms with Crippen LogP contribution in [0.15, 0.2) is 22.7 Å². The van der Waals surface area contributed by atoms with Crippen LogP contribution in [0.1, 0.15) is 32.4 Å². The highest BCUT2D eigenvalue weighted by Gasteiger charge is 2.15. The number of rotatable bonds is 4. The minimum absolute atomic E-state index is 0.248. The molecule has 1 N–H and O–H groups in total. The zero-order valence-electron chi connectivity index (χ0n) is 9.50. The monoisotopic (exact) mass is 271 g/mol. The third-order valence-corrected chi connectivity index (χ3v) is 3.29. The van der Waals surface area contributed by atoms with Crippen LogP contribution in [0, 0.1) is 0 Å². The van der Waals surface area contributed by atoms with Gasteiger partial charge in [-0.3, -0.25) is 4.90 Å². The number of phenols is 1. The van der Waals surface area contributed by atoms with Crippen molar-refractivity contribution in [1.82, 2.24) is 4.90 Å². The molecule has 3 heteroatoms. The Bertz CT molecular complexity index is 323. The molecule has 0 radical (unpaired) electrons. The van der Waals surface area contributed by atoms with E-state index in [2.05, 4.69) is 41.6 Å². The van der Waals surface area contributed by atoms with Crippen LogP contribution < -0.4 is 0 Å². The summed E-state index contributed by atoms with van der Waals surface area (Å²) >= 11 is 3.43. The molecule has 84 valence electrons. The van der Waals surface area contributed by atoms with Gasteiger partial charge >= 0.3 is 0 Å². The van der Waals surface area contributed by atoms with Gasteiger partial charge < -0.3 is 5.11 Å². The second kappa shape index (κ2) is 5.52. The Labute approximate surface area is 100 Å².